The first-order chi connectivity index (χ1) is 9.47. The molecule has 0 aliphatic rings. The standard InChI is InChI=1S/C13H15ClN2O4/c14-10-3-1-9(2-4-10)7-8-15-13(20)16-11(17)5-6-12(18)19/h1-4H,5-8H2,(H,18,19)(H2,15,16,17,20). The normalized spacial score (nSPS) is 9.85. The Bertz CT molecular complexity index is 488. The predicted octanol–water partition coefficient (Wildman–Crippen LogP) is 1.57. The zero-order valence-electron chi connectivity index (χ0n) is 10.7. The molecule has 20 heavy (non-hydrogen) atoms. The number of imide groups is 1. The van der Waals surface area contributed by atoms with Crippen molar-refractivity contribution < 1.29 is 19.5 Å². The molecule has 0 saturated carbocycles. The molecule has 0 saturated heterocycles. The SMILES string of the molecule is O=C(O)CCC(=O)NC(=O)NCCc1ccc(Cl)cc1. The van der Waals surface area contributed by atoms with Gasteiger partial charge in [-0.2, -0.15) is 0 Å². The van der Waals surface area contributed by atoms with Crippen molar-refractivity contribution >= 4 is 29.5 Å². The molecule has 0 atom stereocenters. The summed E-state index contributed by atoms with van der Waals surface area (Å²) in [6.07, 6.45) is 0.0811. The van der Waals surface area contributed by atoms with E-state index in [2.05, 4.69) is 10.6 Å². The van der Waals surface area contributed by atoms with Gasteiger partial charge in [0.2, 0.25) is 5.91 Å². The van der Waals surface area contributed by atoms with Gasteiger partial charge in [-0.05, 0) is 24.1 Å². The molecule has 6 nitrogen and oxygen atoms in total. The van der Waals surface area contributed by atoms with E-state index in [1.165, 1.54) is 0 Å². The van der Waals surface area contributed by atoms with Crippen LogP contribution in [-0.2, 0) is 16.0 Å². The number of carboxylic acids is 1. The molecule has 7 heteroatoms. The van der Waals surface area contributed by atoms with Gasteiger partial charge in [-0.25, -0.2) is 4.79 Å². The largest absolute Gasteiger partial charge is 0.481 e. The van der Waals surface area contributed by atoms with Crippen LogP contribution < -0.4 is 10.6 Å². The number of benzene rings is 1. The molecule has 1 aromatic carbocycles. The van der Waals surface area contributed by atoms with Gasteiger partial charge in [0, 0.05) is 18.0 Å². The van der Waals surface area contributed by atoms with Gasteiger partial charge in [-0.3, -0.25) is 14.9 Å². The number of nitrogens with one attached hydrogen (secondary N) is 2. The highest BCUT2D eigenvalue weighted by Crippen LogP contribution is 2.09. The molecule has 1 rings (SSSR count). The predicted molar refractivity (Wildman–Crippen MR) is 73.6 cm³/mol. The number of carboxylic acid groups (broad SMARTS) is 1. The third-order valence-electron chi connectivity index (χ3n) is 2.43. The van der Waals surface area contributed by atoms with Crippen molar-refractivity contribution in [1.29, 1.82) is 0 Å². The molecule has 3 N–H and O–H groups in total. The minimum Gasteiger partial charge on any atom is -0.481 e. The highest BCUT2D eigenvalue weighted by molar-refractivity contribution is 6.30. The highest BCUT2D eigenvalue weighted by atomic mass is 35.5. The van der Waals surface area contributed by atoms with E-state index in [4.69, 9.17) is 16.7 Å². The summed E-state index contributed by atoms with van der Waals surface area (Å²) in [5, 5.41) is 13.6. The lowest BCUT2D eigenvalue weighted by molar-refractivity contribution is -0.138. The van der Waals surface area contributed by atoms with E-state index in [1.54, 1.807) is 12.1 Å². The summed E-state index contributed by atoms with van der Waals surface area (Å²) in [7, 11) is 0. The van der Waals surface area contributed by atoms with E-state index in [1.807, 2.05) is 12.1 Å². The number of rotatable bonds is 6. The summed E-state index contributed by atoms with van der Waals surface area (Å²) in [6, 6.07) is 6.58. The quantitative estimate of drug-likeness (QED) is 0.743. The van der Waals surface area contributed by atoms with Crippen LogP contribution in [0.4, 0.5) is 4.79 Å². The first-order valence-corrected chi connectivity index (χ1v) is 6.39. The van der Waals surface area contributed by atoms with Gasteiger partial charge in [-0.1, -0.05) is 23.7 Å². The summed E-state index contributed by atoms with van der Waals surface area (Å²) in [4.78, 5) is 32.8. The van der Waals surface area contributed by atoms with Gasteiger partial charge in [0.1, 0.15) is 0 Å². The van der Waals surface area contributed by atoms with Crippen molar-refractivity contribution in [3.05, 3.63) is 34.9 Å². The Morgan fingerprint density at radius 2 is 1.75 bits per heavy atom. The smallest absolute Gasteiger partial charge is 0.321 e. The van der Waals surface area contributed by atoms with Crippen LogP contribution in [-0.4, -0.2) is 29.6 Å². The number of urea groups is 1. The molecule has 0 bridgehead atoms. The van der Waals surface area contributed by atoms with Crippen molar-refractivity contribution in [2.45, 2.75) is 19.3 Å². The maximum absolute atomic E-state index is 11.3. The number of hydrogen-bond acceptors (Lipinski definition) is 3. The summed E-state index contributed by atoms with van der Waals surface area (Å²) >= 11 is 5.75. The fourth-order valence-corrected chi connectivity index (χ4v) is 1.55. The van der Waals surface area contributed by atoms with Crippen LogP contribution in [0.5, 0.6) is 0 Å². The second kappa shape index (κ2) is 8.16. The highest BCUT2D eigenvalue weighted by Gasteiger charge is 2.08. The van der Waals surface area contributed by atoms with Crippen molar-refractivity contribution in [2.75, 3.05) is 6.54 Å². The molecule has 0 aromatic heterocycles. The fraction of sp³-hybridized carbons (Fsp3) is 0.308. The zero-order valence-corrected chi connectivity index (χ0v) is 11.4. The first-order valence-electron chi connectivity index (χ1n) is 6.01. The maximum atomic E-state index is 11.3. The van der Waals surface area contributed by atoms with Gasteiger partial charge in [-0.15, -0.1) is 0 Å². The van der Waals surface area contributed by atoms with E-state index in [0.29, 0.717) is 18.0 Å². The Morgan fingerprint density at radius 3 is 2.35 bits per heavy atom. The summed E-state index contributed by atoms with van der Waals surface area (Å²) in [6.45, 7) is 0.361. The van der Waals surface area contributed by atoms with E-state index in [0.717, 1.165) is 5.56 Å². The summed E-state index contributed by atoms with van der Waals surface area (Å²) in [5.74, 6) is -1.69. The molecule has 0 heterocycles. The van der Waals surface area contributed by atoms with Gasteiger partial charge in [0.25, 0.3) is 0 Å². The first kappa shape index (κ1) is 16.0. The minimum atomic E-state index is -1.08. The van der Waals surface area contributed by atoms with Gasteiger partial charge in [0.05, 0.1) is 6.42 Å². The van der Waals surface area contributed by atoms with Crippen molar-refractivity contribution in [1.82, 2.24) is 10.6 Å². The topological polar surface area (TPSA) is 95.5 Å². The Morgan fingerprint density at radius 1 is 1.10 bits per heavy atom. The second-order valence-corrected chi connectivity index (χ2v) is 4.51. The molecular formula is C13H15ClN2O4. The fourth-order valence-electron chi connectivity index (χ4n) is 1.43. The van der Waals surface area contributed by atoms with Crippen LogP contribution in [0.15, 0.2) is 24.3 Å². The summed E-state index contributed by atoms with van der Waals surface area (Å²) in [5.41, 5.74) is 1.01. The van der Waals surface area contributed by atoms with E-state index in [9.17, 15) is 14.4 Å². The third-order valence-corrected chi connectivity index (χ3v) is 2.68. The Balaban J connectivity index is 2.21. The molecule has 0 radical (unpaired) electrons. The van der Waals surface area contributed by atoms with E-state index >= 15 is 0 Å². The van der Waals surface area contributed by atoms with Crippen molar-refractivity contribution in [2.24, 2.45) is 0 Å². The lowest BCUT2D eigenvalue weighted by Gasteiger charge is -2.06. The van der Waals surface area contributed by atoms with Crippen molar-refractivity contribution in [3.63, 3.8) is 0 Å². The second-order valence-electron chi connectivity index (χ2n) is 4.07. The molecule has 108 valence electrons. The van der Waals surface area contributed by atoms with Crippen LogP contribution in [0.1, 0.15) is 18.4 Å². The van der Waals surface area contributed by atoms with Gasteiger partial charge in [0.15, 0.2) is 0 Å². The Kier molecular flexibility index (Phi) is 6.52. The van der Waals surface area contributed by atoms with E-state index < -0.39 is 17.9 Å². The van der Waals surface area contributed by atoms with Crippen molar-refractivity contribution in [3.8, 4) is 0 Å². The molecule has 1 aromatic rings. The molecule has 0 aliphatic heterocycles. The van der Waals surface area contributed by atoms with Crippen LogP contribution in [0.2, 0.25) is 5.02 Å². The monoisotopic (exact) mass is 298 g/mol. The number of carbonyl (C=O) groups excluding carboxylic acids is 2. The van der Waals surface area contributed by atoms with Crippen LogP contribution in [0.3, 0.4) is 0 Å². The average Bonchev–Trinajstić information content (AvgIpc) is 2.38. The molecule has 0 aliphatic carbocycles. The number of hydrogen-bond donors (Lipinski definition) is 3. The number of aliphatic carboxylic acids is 1. The molecular weight excluding hydrogens is 284 g/mol. The molecule has 0 unspecified atom stereocenters. The molecule has 0 fully saturated rings. The maximum Gasteiger partial charge on any atom is 0.321 e. The number of amides is 3. The number of halogens is 1. The van der Waals surface area contributed by atoms with E-state index in [-0.39, 0.29) is 12.8 Å². The van der Waals surface area contributed by atoms with Crippen LogP contribution >= 0.6 is 11.6 Å². The Labute approximate surface area is 121 Å². The summed E-state index contributed by atoms with van der Waals surface area (Å²) < 4.78 is 0. The zero-order chi connectivity index (χ0) is 15.0. The van der Waals surface area contributed by atoms with Crippen LogP contribution in [0, 0.1) is 0 Å². The van der Waals surface area contributed by atoms with Crippen LogP contribution in [0.25, 0.3) is 0 Å². The number of carbonyl (C=O) groups is 3. The third kappa shape index (κ3) is 6.75. The lowest BCUT2D eigenvalue weighted by atomic mass is 10.1. The Hall–Kier alpha value is -2.08. The lowest BCUT2D eigenvalue weighted by Crippen LogP contribution is -2.40. The molecule has 3 amide bonds. The minimum absolute atomic E-state index is 0.222. The molecule has 0 spiro atoms. The van der Waals surface area contributed by atoms with Gasteiger partial charge >= 0.3 is 12.0 Å². The van der Waals surface area contributed by atoms with Gasteiger partial charge < -0.3 is 10.4 Å². The average molecular weight is 299 g/mol.